The Kier molecular flexibility index (Phi) is 4.54. The van der Waals surface area contributed by atoms with Crippen LogP contribution in [0.4, 0.5) is 11.4 Å². The van der Waals surface area contributed by atoms with Gasteiger partial charge in [-0.25, -0.2) is 0 Å². The second-order valence-electron chi connectivity index (χ2n) is 5.97. The standard InChI is InChI=1S/C19H23N3/c1-14-4-2-5-17(19(14)20)13-22-18-9-7-15(8-10-18)16-6-3-11-21-12-16/h2,4-5,7-10,13,16,21H,3,6,11-12,20H2,1H3. The third kappa shape index (κ3) is 3.37. The van der Waals surface area contributed by atoms with Gasteiger partial charge < -0.3 is 11.1 Å². The van der Waals surface area contributed by atoms with Crippen molar-refractivity contribution in [2.75, 3.05) is 18.8 Å². The van der Waals surface area contributed by atoms with E-state index in [4.69, 9.17) is 5.73 Å². The molecule has 2 aromatic carbocycles. The maximum atomic E-state index is 6.07. The molecule has 1 saturated heterocycles. The fraction of sp³-hybridized carbons (Fsp3) is 0.316. The Morgan fingerprint density at radius 3 is 2.73 bits per heavy atom. The molecule has 114 valence electrons. The average Bonchev–Trinajstić information content (AvgIpc) is 2.57. The Morgan fingerprint density at radius 1 is 1.18 bits per heavy atom. The van der Waals surface area contributed by atoms with Crippen LogP contribution >= 0.6 is 0 Å². The van der Waals surface area contributed by atoms with Gasteiger partial charge in [-0.05, 0) is 55.5 Å². The van der Waals surface area contributed by atoms with Crippen LogP contribution in [0, 0.1) is 6.92 Å². The molecule has 22 heavy (non-hydrogen) atoms. The number of rotatable bonds is 3. The minimum Gasteiger partial charge on any atom is -0.398 e. The first kappa shape index (κ1) is 14.8. The second kappa shape index (κ2) is 6.75. The molecule has 3 N–H and O–H groups in total. The molecule has 0 aliphatic carbocycles. The molecule has 1 heterocycles. The minimum atomic E-state index is 0.638. The summed E-state index contributed by atoms with van der Waals surface area (Å²) < 4.78 is 0. The van der Waals surface area contributed by atoms with E-state index in [9.17, 15) is 0 Å². The van der Waals surface area contributed by atoms with Gasteiger partial charge in [0.05, 0.1) is 5.69 Å². The van der Waals surface area contributed by atoms with Gasteiger partial charge >= 0.3 is 0 Å². The van der Waals surface area contributed by atoms with Crippen molar-refractivity contribution in [3.63, 3.8) is 0 Å². The number of hydrogen-bond donors (Lipinski definition) is 2. The topological polar surface area (TPSA) is 50.4 Å². The summed E-state index contributed by atoms with van der Waals surface area (Å²) in [5, 5.41) is 3.46. The SMILES string of the molecule is Cc1cccc(C=Nc2ccc(C3CCCNC3)cc2)c1N. The lowest BCUT2D eigenvalue weighted by Gasteiger charge is -2.23. The highest BCUT2D eigenvalue weighted by molar-refractivity contribution is 5.89. The number of benzene rings is 2. The third-order valence-electron chi connectivity index (χ3n) is 4.37. The van der Waals surface area contributed by atoms with Crippen LogP contribution in [-0.4, -0.2) is 19.3 Å². The largest absolute Gasteiger partial charge is 0.398 e. The van der Waals surface area contributed by atoms with Crippen LogP contribution < -0.4 is 11.1 Å². The van der Waals surface area contributed by atoms with Crippen molar-refractivity contribution in [3.8, 4) is 0 Å². The summed E-state index contributed by atoms with van der Waals surface area (Å²) >= 11 is 0. The number of nitrogen functional groups attached to an aromatic ring is 1. The van der Waals surface area contributed by atoms with E-state index in [1.165, 1.54) is 18.4 Å². The Labute approximate surface area is 132 Å². The first-order valence-electron chi connectivity index (χ1n) is 7.94. The molecule has 0 spiro atoms. The molecular weight excluding hydrogens is 270 g/mol. The zero-order valence-corrected chi connectivity index (χ0v) is 13.0. The minimum absolute atomic E-state index is 0.638. The molecule has 1 atom stereocenters. The van der Waals surface area contributed by atoms with Crippen LogP contribution in [-0.2, 0) is 0 Å². The summed E-state index contributed by atoms with van der Waals surface area (Å²) in [6.07, 6.45) is 4.38. The first-order valence-corrected chi connectivity index (χ1v) is 7.94. The molecule has 0 bridgehead atoms. The van der Waals surface area contributed by atoms with Crippen LogP contribution in [0.1, 0.15) is 35.4 Å². The van der Waals surface area contributed by atoms with E-state index in [2.05, 4.69) is 34.6 Å². The molecule has 3 nitrogen and oxygen atoms in total. The van der Waals surface area contributed by atoms with Gasteiger partial charge in [-0.2, -0.15) is 0 Å². The molecular formula is C19H23N3. The van der Waals surface area contributed by atoms with E-state index >= 15 is 0 Å². The van der Waals surface area contributed by atoms with Crippen LogP contribution in [0.2, 0.25) is 0 Å². The summed E-state index contributed by atoms with van der Waals surface area (Å²) in [5.74, 6) is 0.638. The molecule has 2 aromatic rings. The number of aliphatic imine (C=N–C) groups is 1. The molecule has 3 heteroatoms. The van der Waals surface area contributed by atoms with Gasteiger partial charge in [0.15, 0.2) is 0 Å². The number of piperidine rings is 1. The predicted molar refractivity (Wildman–Crippen MR) is 94.1 cm³/mol. The Morgan fingerprint density at radius 2 is 2.00 bits per heavy atom. The lowest BCUT2D eigenvalue weighted by atomic mass is 9.92. The van der Waals surface area contributed by atoms with E-state index in [0.29, 0.717) is 5.92 Å². The van der Waals surface area contributed by atoms with E-state index in [0.717, 1.165) is 35.6 Å². The lowest BCUT2D eigenvalue weighted by molar-refractivity contribution is 0.461. The van der Waals surface area contributed by atoms with E-state index < -0.39 is 0 Å². The third-order valence-corrected chi connectivity index (χ3v) is 4.37. The smallest absolute Gasteiger partial charge is 0.0630 e. The lowest BCUT2D eigenvalue weighted by Crippen LogP contribution is -2.28. The average molecular weight is 293 g/mol. The Balaban J connectivity index is 1.73. The molecule has 1 fully saturated rings. The van der Waals surface area contributed by atoms with Crippen molar-refractivity contribution in [1.29, 1.82) is 0 Å². The van der Waals surface area contributed by atoms with Crippen molar-refractivity contribution in [3.05, 3.63) is 59.2 Å². The maximum absolute atomic E-state index is 6.07. The van der Waals surface area contributed by atoms with Crippen LogP contribution in [0.25, 0.3) is 0 Å². The quantitative estimate of drug-likeness (QED) is 0.668. The van der Waals surface area contributed by atoms with Gasteiger partial charge in [-0.1, -0.05) is 30.3 Å². The van der Waals surface area contributed by atoms with Gasteiger partial charge in [-0.3, -0.25) is 4.99 Å². The molecule has 0 aromatic heterocycles. The Bertz CT molecular complexity index is 653. The molecule has 0 amide bonds. The first-order chi connectivity index (χ1) is 10.7. The predicted octanol–water partition coefficient (Wildman–Crippen LogP) is 3.79. The highest BCUT2D eigenvalue weighted by Crippen LogP contribution is 2.25. The van der Waals surface area contributed by atoms with Gasteiger partial charge in [0, 0.05) is 24.0 Å². The Hall–Kier alpha value is -2.13. The van der Waals surface area contributed by atoms with Crippen molar-refractivity contribution >= 4 is 17.6 Å². The van der Waals surface area contributed by atoms with Crippen LogP contribution in [0.5, 0.6) is 0 Å². The molecule has 1 unspecified atom stereocenters. The van der Waals surface area contributed by atoms with Crippen molar-refractivity contribution in [2.24, 2.45) is 4.99 Å². The van der Waals surface area contributed by atoms with E-state index in [-0.39, 0.29) is 0 Å². The summed E-state index contributed by atoms with van der Waals surface area (Å²) in [5.41, 5.74) is 11.3. The van der Waals surface area contributed by atoms with Gasteiger partial charge in [0.25, 0.3) is 0 Å². The highest BCUT2D eigenvalue weighted by Gasteiger charge is 2.14. The molecule has 0 saturated carbocycles. The van der Waals surface area contributed by atoms with Crippen molar-refractivity contribution < 1.29 is 0 Å². The van der Waals surface area contributed by atoms with Gasteiger partial charge in [0.2, 0.25) is 0 Å². The van der Waals surface area contributed by atoms with E-state index in [1.54, 1.807) is 0 Å². The van der Waals surface area contributed by atoms with Crippen molar-refractivity contribution in [1.82, 2.24) is 5.32 Å². The number of aryl methyl sites for hydroxylation is 1. The van der Waals surface area contributed by atoms with Gasteiger partial charge in [-0.15, -0.1) is 0 Å². The summed E-state index contributed by atoms with van der Waals surface area (Å²) in [7, 11) is 0. The summed E-state index contributed by atoms with van der Waals surface area (Å²) in [6.45, 7) is 4.25. The molecule has 1 aliphatic heterocycles. The zero-order valence-electron chi connectivity index (χ0n) is 13.0. The highest BCUT2D eigenvalue weighted by atomic mass is 14.9. The number of para-hydroxylation sites is 1. The van der Waals surface area contributed by atoms with Crippen LogP contribution in [0.3, 0.4) is 0 Å². The zero-order chi connectivity index (χ0) is 15.4. The number of anilines is 1. The molecule has 3 rings (SSSR count). The fourth-order valence-corrected chi connectivity index (χ4v) is 2.93. The number of nitrogens with zero attached hydrogens (tertiary/aromatic N) is 1. The molecule has 1 aliphatic rings. The van der Waals surface area contributed by atoms with Crippen molar-refractivity contribution in [2.45, 2.75) is 25.7 Å². The summed E-state index contributed by atoms with van der Waals surface area (Å²) in [4.78, 5) is 4.54. The number of nitrogens with one attached hydrogen (secondary N) is 1. The number of hydrogen-bond acceptors (Lipinski definition) is 3. The fourth-order valence-electron chi connectivity index (χ4n) is 2.93. The second-order valence-corrected chi connectivity index (χ2v) is 5.97. The number of nitrogens with two attached hydrogens (primary N) is 1. The summed E-state index contributed by atoms with van der Waals surface area (Å²) in [6, 6.07) is 14.6. The van der Waals surface area contributed by atoms with Gasteiger partial charge in [0.1, 0.15) is 0 Å². The van der Waals surface area contributed by atoms with Crippen LogP contribution in [0.15, 0.2) is 47.5 Å². The molecule has 0 radical (unpaired) electrons. The maximum Gasteiger partial charge on any atom is 0.0630 e. The normalized spacial score (nSPS) is 18.7. The monoisotopic (exact) mass is 293 g/mol. The van der Waals surface area contributed by atoms with E-state index in [1.807, 2.05) is 31.3 Å².